The fraction of sp³-hybridized carbons (Fsp3) is 0.562. The summed E-state index contributed by atoms with van der Waals surface area (Å²) in [5.41, 5.74) is 6.91. The van der Waals surface area contributed by atoms with Gasteiger partial charge in [-0.15, -0.1) is 0 Å². The number of rotatable bonds is 9. The zero-order chi connectivity index (χ0) is 14.8. The number of nitrogens with two attached hydrogens (primary N) is 1. The first-order valence-electron chi connectivity index (χ1n) is 7.28. The summed E-state index contributed by atoms with van der Waals surface area (Å²) in [6, 6.07) is 9.67. The summed E-state index contributed by atoms with van der Waals surface area (Å²) in [6.45, 7) is 5.90. The van der Waals surface area contributed by atoms with Gasteiger partial charge in [0.1, 0.15) is 0 Å². The smallest absolute Gasteiger partial charge is 0.236 e. The van der Waals surface area contributed by atoms with Crippen LogP contribution >= 0.6 is 0 Å². The average molecular weight is 278 g/mol. The zero-order valence-electron chi connectivity index (χ0n) is 12.5. The quantitative estimate of drug-likeness (QED) is 0.727. The second kappa shape index (κ2) is 9.50. The van der Waals surface area contributed by atoms with Gasteiger partial charge >= 0.3 is 0 Å². The van der Waals surface area contributed by atoms with Crippen molar-refractivity contribution in [3.63, 3.8) is 0 Å². The molecule has 20 heavy (non-hydrogen) atoms. The third-order valence-corrected chi connectivity index (χ3v) is 3.08. The molecule has 1 rings (SSSR count). The molecule has 0 aliphatic rings. The van der Waals surface area contributed by atoms with Crippen LogP contribution in [0.3, 0.4) is 0 Å². The third kappa shape index (κ3) is 6.68. The number of amides is 1. The van der Waals surface area contributed by atoms with Crippen molar-refractivity contribution in [2.45, 2.75) is 39.3 Å². The van der Waals surface area contributed by atoms with Crippen molar-refractivity contribution in [2.75, 3.05) is 13.2 Å². The molecule has 0 fully saturated rings. The Bertz CT molecular complexity index is 381. The lowest BCUT2D eigenvalue weighted by Gasteiger charge is -2.15. The number of benzene rings is 1. The van der Waals surface area contributed by atoms with E-state index in [-0.39, 0.29) is 11.8 Å². The number of hydrogen-bond acceptors (Lipinski definition) is 3. The van der Waals surface area contributed by atoms with E-state index < -0.39 is 6.04 Å². The molecule has 0 aliphatic heterocycles. The lowest BCUT2D eigenvalue weighted by molar-refractivity contribution is -0.122. The molecule has 4 heteroatoms. The van der Waals surface area contributed by atoms with Crippen LogP contribution in [-0.4, -0.2) is 25.1 Å². The highest BCUT2D eigenvalue weighted by atomic mass is 16.5. The largest absolute Gasteiger partial charge is 0.376 e. The summed E-state index contributed by atoms with van der Waals surface area (Å²) >= 11 is 0. The second-order valence-corrected chi connectivity index (χ2v) is 5.25. The minimum Gasteiger partial charge on any atom is -0.376 e. The van der Waals surface area contributed by atoms with Gasteiger partial charge in [0, 0.05) is 6.54 Å². The molecule has 0 heterocycles. The summed E-state index contributed by atoms with van der Waals surface area (Å²) < 4.78 is 5.64. The van der Waals surface area contributed by atoms with Gasteiger partial charge in [-0.3, -0.25) is 4.79 Å². The monoisotopic (exact) mass is 278 g/mol. The van der Waals surface area contributed by atoms with Gasteiger partial charge < -0.3 is 15.8 Å². The van der Waals surface area contributed by atoms with Gasteiger partial charge in [0.05, 0.1) is 19.3 Å². The molecule has 1 aromatic rings. The Morgan fingerprint density at radius 1 is 1.35 bits per heavy atom. The van der Waals surface area contributed by atoms with E-state index in [9.17, 15) is 4.79 Å². The molecule has 0 spiro atoms. The van der Waals surface area contributed by atoms with E-state index in [2.05, 4.69) is 12.2 Å². The van der Waals surface area contributed by atoms with Crippen molar-refractivity contribution in [3.05, 3.63) is 35.9 Å². The molecule has 112 valence electrons. The van der Waals surface area contributed by atoms with Gasteiger partial charge in [-0.1, -0.05) is 50.6 Å². The minimum absolute atomic E-state index is 0.0678. The number of carbonyl (C=O) groups excluding carboxylic acids is 1. The van der Waals surface area contributed by atoms with E-state index in [1.165, 1.54) is 0 Å². The van der Waals surface area contributed by atoms with Gasteiger partial charge in [-0.05, 0) is 17.9 Å². The van der Waals surface area contributed by atoms with Gasteiger partial charge in [0.15, 0.2) is 0 Å². The first-order chi connectivity index (χ1) is 9.63. The highest BCUT2D eigenvalue weighted by Crippen LogP contribution is 2.03. The summed E-state index contributed by atoms with van der Waals surface area (Å²) in [4.78, 5) is 11.7. The van der Waals surface area contributed by atoms with Crippen LogP contribution in [-0.2, 0) is 16.1 Å². The Hall–Kier alpha value is -1.39. The van der Waals surface area contributed by atoms with Crippen LogP contribution in [0, 0.1) is 5.92 Å². The molecule has 4 nitrogen and oxygen atoms in total. The van der Waals surface area contributed by atoms with E-state index in [0.717, 1.165) is 18.4 Å². The average Bonchev–Trinajstić information content (AvgIpc) is 2.46. The van der Waals surface area contributed by atoms with Crippen molar-refractivity contribution in [2.24, 2.45) is 11.7 Å². The molecule has 3 N–H and O–H groups in total. The SMILES string of the molecule is CCCC(N)C(=O)NCC(C)COCc1ccccc1. The van der Waals surface area contributed by atoms with Crippen molar-refractivity contribution >= 4 is 5.91 Å². The fourth-order valence-corrected chi connectivity index (χ4v) is 1.86. The zero-order valence-corrected chi connectivity index (χ0v) is 12.5. The summed E-state index contributed by atoms with van der Waals surface area (Å²) in [6.07, 6.45) is 1.65. The van der Waals surface area contributed by atoms with E-state index in [0.29, 0.717) is 19.8 Å². The molecule has 0 aromatic heterocycles. The highest BCUT2D eigenvalue weighted by molar-refractivity contribution is 5.81. The normalized spacial score (nSPS) is 13.8. The van der Waals surface area contributed by atoms with E-state index >= 15 is 0 Å². The molecule has 0 bridgehead atoms. The predicted molar refractivity (Wildman–Crippen MR) is 81.2 cm³/mol. The van der Waals surface area contributed by atoms with E-state index in [1.807, 2.05) is 37.3 Å². The Kier molecular flexibility index (Phi) is 7.92. The molecule has 2 unspecified atom stereocenters. The van der Waals surface area contributed by atoms with Crippen LogP contribution in [0.1, 0.15) is 32.3 Å². The first kappa shape index (κ1) is 16.7. The Labute approximate surface area is 121 Å². The fourth-order valence-electron chi connectivity index (χ4n) is 1.86. The van der Waals surface area contributed by atoms with Crippen LogP contribution < -0.4 is 11.1 Å². The summed E-state index contributed by atoms with van der Waals surface area (Å²) in [7, 11) is 0. The third-order valence-electron chi connectivity index (χ3n) is 3.08. The van der Waals surface area contributed by atoms with Gasteiger partial charge in [-0.25, -0.2) is 0 Å². The topological polar surface area (TPSA) is 64.4 Å². The van der Waals surface area contributed by atoms with Crippen molar-refractivity contribution in [3.8, 4) is 0 Å². The van der Waals surface area contributed by atoms with Gasteiger partial charge in [-0.2, -0.15) is 0 Å². The van der Waals surface area contributed by atoms with Crippen LogP contribution in [0.4, 0.5) is 0 Å². The Morgan fingerprint density at radius 2 is 2.05 bits per heavy atom. The van der Waals surface area contributed by atoms with Gasteiger partial charge in [0.25, 0.3) is 0 Å². The maximum Gasteiger partial charge on any atom is 0.236 e. The van der Waals surface area contributed by atoms with Gasteiger partial charge in [0.2, 0.25) is 5.91 Å². The predicted octanol–water partition coefficient (Wildman–Crippen LogP) is 2.08. The van der Waals surface area contributed by atoms with E-state index in [4.69, 9.17) is 10.5 Å². The molecule has 0 saturated heterocycles. The molecule has 1 amide bonds. The molecule has 1 aromatic carbocycles. The van der Waals surface area contributed by atoms with Crippen LogP contribution in [0.5, 0.6) is 0 Å². The maximum absolute atomic E-state index is 11.7. The van der Waals surface area contributed by atoms with Crippen LogP contribution in [0.25, 0.3) is 0 Å². The minimum atomic E-state index is -0.391. The summed E-state index contributed by atoms with van der Waals surface area (Å²) in [5.74, 6) is 0.207. The maximum atomic E-state index is 11.7. The lowest BCUT2D eigenvalue weighted by Crippen LogP contribution is -2.42. The lowest BCUT2D eigenvalue weighted by atomic mass is 10.1. The number of nitrogens with one attached hydrogen (secondary N) is 1. The standard InChI is InChI=1S/C16H26N2O2/c1-3-7-15(17)16(19)18-10-13(2)11-20-12-14-8-5-4-6-9-14/h4-6,8-9,13,15H,3,7,10-12,17H2,1-2H3,(H,18,19). The molecular weight excluding hydrogens is 252 g/mol. The van der Waals surface area contributed by atoms with Crippen molar-refractivity contribution < 1.29 is 9.53 Å². The molecule has 0 aliphatic carbocycles. The Balaban J connectivity index is 2.14. The second-order valence-electron chi connectivity index (χ2n) is 5.25. The molecule has 0 saturated carbocycles. The molecular formula is C16H26N2O2. The van der Waals surface area contributed by atoms with Crippen LogP contribution in [0.2, 0.25) is 0 Å². The first-order valence-corrected chi connectivity index (χ1v) is 7.28. The molecule has 0 radical (unpaired) electrons. The molecule has 2 atom stereocenters. The highest BCUT2D eigenvalue weighted by Gasteiger charge is 2.12. The number of ether oxygens (including phenoxy) is 1. The number of carbonyl (C=O) groups is 1. The van der Waals surface area contributed by atoms with Crippen LogP contribution in [0.15, 0.2) is 30.3 Å². The van der Waals surface area contributed by atoms with Crippen molar-refractivity contribution in [1.82, 2.24) is 5.32 Å². The summed E-state index contributed by atoms with van der Waals surface area (Å²) in [5, 5.41) is 2.87. The van der Waals surface area contributed by atoms with Crippen molar-refractivity contribution in [1.29, 1.82) is 0 Å². The Morgan fingerprint density at radius 3 is 2.70 bits per heavy atom. The number of hydrogen-bond donors (Lipinski definition) is 2. The van der Waals surface area contributed by atoms with E-state index in [1.54, 1.807) is 0 Å².